The SMILES string of the molecule is CCCCCNC(=NC)NCc1cccc(CN(C)CC)c1. The fraction of sp³-hybridized carbons (Fsp3) is 0.611. The van der Waals surface area contributed by atoms with Gasteiger partial charge >= 0.3 is 0 Å². The Hall–Kier alpha value is -1.55. The molecule has 0 aromatic heterocycles. The number of guanidine groups is 1. The predicted octanol–water partition coefficient (Wildman–Crippen LogP) is 2.99. The summed E-state index contributed by atoms with van der Waals surface area (Å²) in [4.78, 5) is 6.58. The van der Waals surface area contributed by atoms with Gasteiger partial charge in [-0.1, -0.05) is 51.0 Å². The van der Waals surface area contributed by atoms with Crippen LogP contribution in [0.4, 0.5) is 0 Å². The van der Waals surface area contributed by atoms with Crippen LogP contribution in [0.2, 0.25) is 0 Å². The summed E-state index contributed by atoms with van der Waals surface area (Å²) in [6.45, 7) is 8.24. The van der Waals surface area contributed by atoms with Gasteiger partial charge in [-0.2, -0.15) is 0 Å². The molecule has 0 spiro atoms. The van der Waals surface area contributed by atoms with Crippen LogP contribution in [0.15, 0.2) is 29.3 Å². The summed E-state index contributed by atoms with van der Waals surface area (Å²) in [5.41, 5.74) is 2.65. The van der Waals surface area contributed by atoms with Crippen molar-refractivity contribution in [2.45, 2.75) is 46.2 Å². The van der Waals surface area contributed by atoms with E-state index >= 15 is 0 Å². The number of nitrogens with one attached hydrogen (secondary N) is 2. The maximum Gasteiger partial charge on any atom is 0.191 e. The van der Waals surface area contributed by atoms with Crippen LogP contribution >= 0.6 is 0 Å². The summed E-state index contributed by atoms with van der Waals surface area (Å²) in [6, 6.07) is 8.75. The Labute approximate surface area is 136 Å². The van der Waals surface area contributed by atoms with E-state index in [4.69, 9.17) is 0 Å². The van der Waals surface area contributed by atoms with Crippen molar-refractivity contribution in [3.63, 3.8) is 0 Å². The zero-order valence-corrected chi connectivity index (χ0v) is 14.7. The van der Waals surface area contributed by atoms with E-state index in [-0.39, 0.29) is 0 Å². The molecule has 1 aromatic rings. The van der Waals surface area contributed by atoms with E-state index in [2.05, 4.69) is 65.7 Å². The molecule has 0 amide bonds. The normalized spacial score (nSPS) is 11.8. The van der Waals surface area contributed by atoms with E-state index in [1.54, 1.807) is 0 Å². The van der Waals surface area contributed by atoms with Gasteiger partial charge in [0, 0.05) is 26.7 Å². The second-order valence-electron chi connectivity index (χ2n) is 5.71. The van der Waals surface area contributed by atoms with Crippen molar-refractivity contribution in [3.8, 4) is 0 Å². The smallest absolute Gasteiger partial charge is 0.191 e. The minimum Gasteiger partial charge on any atom is -0.356 e. The average molecular weight is 304 g/mol. The quantitative estimate of drug-likeness (QED) is 0.418. The van der Waals surface area contributed by atoms with Gasteiger partial charge < -0.3 is 15.5 Å². The summed E-state index contributed by atoms with van der Waals surface area (Å²) in [6.07, 6.45) is 3.69. The van der Waals surface area contributed by atoms with Gasteiger partial charge in [0.25, 0.3) is 0 Å². The van der Waals surface area contributed by atoms with Gasteiger partial charge in [-0.15, -0.1) is 0 Å². The highest BCUT2D eigenvalue weighted by atomic mass is 15.2. The molecule has 0 unspecified atom stereocenters. The molecule has 4 heteroatoms. The molecule has 0 saturated heterocycles. The summed E-state index contributed by atoms with van der Waals surface area (Å²) >= 11 is 0. The Bertz CT molecular complexity index is 442. The molecule has 0 bridgehead atoms. The van der Waals surface area contributed by atoms with Crippen molar-refractivity contribution >= 4 is 5.96 Å². The molecule has 0 fully saturated rings. The molecule has 0 radical (unpaired) electrons. The van der Waals surface area contributed by atoms with Gasteiger partial charge in [0.15, 0.2) is 5.96 Å². The first-order valence-corrected chi connectivity index (χ1v) is 8.40. The van der Waals surface area contributed by atoms with Gasteiger partial charge in [-0.25, -0.2) is 0 Å². The fourth-order valence-corrected chi connectivity index (χ4v) is 2.25. The minimum atomic E-state index is 0.803. The molecule has 1 aromatic carbocycles. The van der Waals surface area contributed by atoms with Gasteiger partial charge in [0.2, 0.25) is 0 Å². The standard InChI is InChI=1S/C18H32N4/c1-5-7-8-12-20-18(19-3)21-14-16-10-9-11-17(13-16)15-22(4)6-2/h9-11,13H,5-8,12,14-15H2,1-4H3,(H2,19,20,21). The predicted molar refractivity (Wildman–Crippen MR) is 96.2 cm³/mol. The summed E-state index contributed by atoms with van der Waals surface area (Å²) in [5.74, 6) is 0.882. The molecule has 4 nitrogen and oxygen atoms in total. The van der Waals surface area contributed by atoms with Crippen LogP contribution in [0.3, 0.4) is 0 Å². The molecular formula is C18H32N4. The summed E-state index contributed by atoms with van der Waals surface area (Å²) in [7, 11) is 3.97. The Morgan fingerprint density at radius 3 is 2.59 bits per heavy atom. The molecular weight excluding hydrogens is 272 g/mol. The van der Waals surface area contributed by atoms with E-state index in [9.17, 15) is 0 Å². The Kier molecular flexibility index (Phi) is 9.31. The largest absolute Gasteiger partial charge is 0.356 e. The molecule has 2 N–H and O–H groups in total. The number of unbranched alkanes of at least 4 members (excludes halogenated alkanes) is 2. The molecule has 0 aliphatic carbocycles. The number of rotatable bonds is 9. The van der Waals surface area contributed by atoms with Crippen LogP contribution in [-0.4, -0.2) is 38.0 Å². The summed E-state index contributed by atoms with van der Waals surface area (Å²) < 4.78 is 0. The lowest BCUT2D eigenvalue weighted by Crippen LogP contribution is -2.37. The number of nitrogens with zero attached hydrogens (tertiary/aromatic N) is 2. The monoisotopic (exact) mass is 304 g/mol. The zero-order chi connectivity index (χ0) is 16.2. The van der Waals surface area contributed by atoms with E-state index in [1.807, 2.05) is 7.05 Å². The van der Waals surface area contributed by atoms with Crippen molar-refractivity contribution in [1.82, 2.24) is 15.5 Å². The lowest BCUT2D eigenvalue weighted by atomic mass is 10.1. The van der Waals surface area contributed by atoms with Crippen LogP contribution in [-0.2, 0) is 13.1 Å². The molecule has 22 heavy (non-hydrogen) atoms. The van der Waals surface area contributed by atoms with Crippen molar-refractivity contribution in [2.75, 3.05) is 27.2 Å². The first-order chi connectivity index (χ1) is 10.7. The number of aliphatic imine (C=N–C) groups is 1. The van der Waals surface area contributed by atoms with Gasteiger partial charge in [-0.3, -0.25) is 4.99 Å². The van der Waals surface area contributed by atoms with Crippen molar-refractivity contribution in [2.24, 2.45) is 4.99 Å². The van der Waals surface area contributed by atoms with Crippen molar-refractivity contribution in [3.05, 3.63) is 35.4 Å². The van der Waals surface area contributed by atoms with E-state index in [0.29, 0.717) is 0 Å². The number of hydrogen-bond acceptors (Lipinski definition) is 2. The van der Waals surface area contributed by atoms with E-state index < -0.39 is 0 Å². The molecule has 124 valence electrons. The molecule has 0 aliphatic heterocycles. The lowest BCUT2D eigenvalue weighted by Gasteiger charge is -2.15. The first kappa shape index (κ1) is 18.5. The highest BCUT2D eigenvalue weighted by Gasteiger charge is 2.01. The van der Waals surface area contributed by atoms with Gasteiger partial charge in [0.1, 0.15) is 0 Å². The highest BCUT2D eigenvalue weighted by molar-refractivity contribution is 5.79. The van der Waals surface area contributed by atoms with Crippen LogP contribution in [0, 0.1) is 0 Å². The third kappa shape index (κ3) is 7.46. The number of benzene rings is 1. The Morgan fingerprint density at radius 1 is 1.14 bits per heavy atom. The molecule has 1 rings (SSSR count). The van der Waals surface area contributed by atoms with Crippen LogP contribution in [0.25, 0.3) is 0 Å². The third-order valence-electron chi connectivity index (χ3n) is 3.74. The Balaban J connectivity index is 2.43. The van der Waals surface area contributed by atoms with E-state index in [1.165, 1.54) is 30.4 Å². The fourth-order valence-electron chi connectivity index (χ4n) is 2.25. The third-order valence-corrected chi connectivity index (χ3v) is 3.74. The van der Waals surface area contributed by atoms with Gasteiger partial charge in [-0.05, 0) is 31.1 Å². The second-order valence-corrected chi connectivity index (χ2v) is 5.71. The maximum absolute atomic E-state index is 4.27. The Morgan fingerprint density at radius 2 is 1.91 bits per heavy atom. The lowest BCUT2D eigenvalue weighted by molar-refractivity contribution is 0.345. The second kappa shape index (κ2) is 11.1. The van der Waals surface area contributed by atoms with Crippen LogP contribution in [0.5, 0.6) is 0 Å². The molecule has 0 heterocycles. The van der Waals surface area contributed by atoms with Crippen molar-refractivity contribution < 1.29 is 0 Å². The van der Waals surface area contributed by atoms with Crippen molar-refractivity contribution in [1.29, 1.82) is 0 Å². The van der Waals surface area contributed by atoms with Crippen LogP contribution < -0.4 is 10.6 Å². The number of hydrogen-bond donors (Lipinski definition) is 2. The summed E-state index contributed by atoms with van der Waals surface area (Å²) in [5, 5.41) is 6.74. The minimum absolute atomic E-state index is 0.803. The van der Waals surface area contributed by atoms with Crippen LogP contribution in [0.1, 0.15) is 44.2 Å². The molecule has 0 atom stereocenters. The van der Waals surface area contributed by atoms with Gasteiger partial charge in [0.05, 0.1) is 0 Å². The maximum atomic E-state index is 4.27. The topological polar surface area (TPSA) is 39.7 Å². The zero-order valence-electron chi connectivity index (χ0n) is 14.7. The molecule has 0 saturated carbocycles. The highest BCUT2D eigenvalue weighted by Crippen LogP contribution is 2.07. The molecule has 0 aliphatic rings. The first-order valence-electron chi connectivity index (χ1n) is 8.40. The van der Waals surface area contributed by atoms with E-state index in [0.717, 1.165) is 32.1 Å². The average Bonchev–Trinajstić information content (AvgIpc) is 2.54.